The van der Waals surface area contributed by atoms with Crippen LogP contribution in [0, 0.1) is 0 Å². The van der Waals surface area contributed by atoms with Gasteiger partial charge in [-0.2, -0.15) is 0 Å². The van der Waals surface area contributed by atoms with E-state index in [2.05, 4.69) is 6.58 Å². The van der Waals surface area contributed by atoms with Gasteiger partial charge in [0.05, 0.1) is 0 Å². The largest absolute Gasteiger partial charge is 0.508 e. The molecule has 0 saturated carbocycles. The smallest absolute Gasteiger partial charge is 0.119 e. The van der Waals surface area contributed by atoms with E-state index in [9.17, 15) is 0 Å². The molecule has 0 saturated heterocycles. The van der Waals surface area contributed by atoms with Crippen LogP contribution in [0.5, 0.6) is 11.5 Å². The molecule has 0 bridgehead atoms. The second kappa shape index (κ2) is 5.24. The van der Waals surface area contributed by atoms with Gasteiger partial charge >= 0.3 is 0 Å². The topological polar surface area (TPSA) is 40.5 Å². The summed E-state index contributed by atoms with van der Waals surface area (Å²) in [5.74, 6) is 0.176. The number of phenolic OH excluding ortho intramolecular Hbond substituents is 2. The van der Waals surface area contributed by atoms with Crippen LogP contribution in [0.15, 0.2) is 36.4 Å². The molecule has 0 aliphatic heterocycles. The fraction of sp³-hybridized carbons (Fsp3) is 0.200. The van der Waals surface area contributed by atoms with Crippen molar-refractivity contribution in [2.24, 2.45) is 0 Å². The molecule has 0 fully saturated rings. The number of rotatable bonds is 0. The van der Waals surface area contributed by atoms with Gasteiger partial charge in [-0.1, -0.05) is 11.6 Å². The third kappa shape index (κ3) is 6.68. The summed E-state index contributed by atoms with van der Waals surface area (Å²) in [4.78, 5) is 0. The quantitative estimate of drug-likeness (QED) is 0.582. The Morgan fingerprint density at radius 3 is 1.67 bits per heavy atom. The molecule has 12 heavy (non-hydrogen) atoms. The van der Waals surface area contributed by atoms with Crippen LogP contribution >= 0.6 is 0 Å². The van der Waals surface area contributed by atoms with Gasteiger partial charge < -0.3 is 10.2 Å². The van der Waals surface area contributed by atoms with E-state index in [1.54, 1.807) is 6.07 Å². The summed E-state index contributed by atoms with van der Waals surface area (Å²) >= 11 is 0. The molecule has 2 heteroatoms. The molecule has 0 aliphatic rings. The number of hydrogen-bond acceptors (Lipinski definition) is 2. The maximum absolute atomic E-state index is 8.65. The molecule has 0 amide bonds. The highest BCUT2D eigenvalue weighted by molar-refractivity contribution is 5.30. The molecule has 0 aliphatic carbocycles. The highest BCUT2D eigenvalue weighted by Gasteiger charge is 1.85. The van der Waals surface area contributed by atoms with E-state index in [0.717, 1.165) is 0 Å². The predicted octanol–water partition coefficient (Wildman–Crippen LogP) is 2.68. The summed E-state index contributed by atoms with van der Waals surface area (Å²) in [5, 5.41) is 17.3. The average Bonchev–Trinajstić information content (AvgIpc) is 1.84. The second-order valence-corrected chi connectivity index (χ2v) is 2.73. The van der Waals surface area contributed by atoms with Crippen molar-refractivity contribution in [1.29, 1.82) is 0 Å². The van der Waals surface area contributed by atoms with Crippen LogP contribution in [-0.4, -0.2) is 10.2 Å². The minimum Gasteiger partial charge on any atom is -0.508 e. The molecule has 2 N–H and O–H groups in total. The molecule has 1 aromatic rings. The molecule has 0 heterocycles. The summed E-state index contributed by atoms with van der Waals surface area (Å²) in [5.41, 5.74) is 1.17. The first-order chi connectivity index (χ1) is 5.52. The molecule has 1 rings (SSSR count). The Bertz CT molecular complexity index is 233. The van der Waals surface area contributed by atoms with Gasteiger partial charge in [0.2, 0.25) is 0 Å². The zero-order chi connectivity index (χ0) is 9.56. The van der Waals surface area contributed by atoms with Gasteiger partial charge in [0.25, 0.3) is 0 Å². The predicted molar refractivity (Wildman–Crippen MR) is 50.3 cm³/mol. The molecule has 1 aromatic carbocycles. The van der Waals surface area contributed by atoms with Gasteiger partial charge in [-0.15, -0.1) is 6.58 Å². The Kier molecular flexibility index (Phi) is 4.61. The first-order valence-electron chi connectivity index (χ1n) is 3.62. The van der Waals surface area contributed by atoms with Crippen molar-refractivity contribution in [3.63, 3.8) is 0 Å². The lowest BCUT2D eigenvalue weighted by Gasteiger charge is -1.89. The number of benzene rings is 1. The number of aromatic hydroxyl groups is 2. The normalized spacial score (nSPS) is 8.17. The van der Waals surface area contributed by atoms with E-state index in [-0.39, 0.29) is 11.5 Å². The molecule has 0 spiro atoms. The Labute approximate surface area is 72.8 Å². The summed E-state index contributed by atoms with van der Waals surface area (Å²) in [7, 11) is 0. The molecular weight excluding hydrogens is 152 g/mol. The Morgan fingerprint density at radius 1 is 1.17 bits per heavy atom. The first kappa shape index (κ1) is 10.6. The van der Waals surface area contributed by atoms with E-state index in [1.807, 2.05) is 13.8 Å². The van der Waals surface area contributed by atoms with Crippen LogP contribution in [-0.2, 0) is 0 Å². The zero-order valence-electron chi connectivity index (χ0n) is 7.41. The fourth-order valence-electron chi connectivity index (χ4n) is 0.493. The molecule has 0 atom stereocenters. The van der Waals surface area contributed by atoms with E-state index in [0.29, 0.717) is 0 Å². The van der Waals surface area contributed by atoms with Crippen molar-refractivity contribution < 1.29 is 10.2 Å². The standard InChI is InChI=1S/C6H6O2.C4H8/c7-5-2-1-3-6(8)4-5;1-4(2)3/h1-4,7-8H;1H2,2-3H3. The highest BCUT2D eigenvalue weighted by Crippen LogP contribution is 2.14. The zero-order valence-corrected chi connectivity index (χ0v) is 7.41. The van der Waals surface area contributed by atoms with Crippen LogP contribution in [0.4, 0.5) is 0 Å². The van der Waals surface area contributed by atoms with Crippen LogP contribution in [0.3, 0.4) is 0 Å². The van der Waals surface area contributed by atoms with Crippen molar-refractivity contribution in [3.8, 4) is 11.5 Å². The molecule has 0 unspecified atom stereocenters. The van der Waals surface area contributed by atoms with Crippen LogP contribution in [0.2, 0.25) is 0 Å². The maximum Gasteiger partial charge on any atom is 0.119 e. The monoisotopic (exact) mass is 166 g/mol. The van der Waals surface area contributed by atoms with Crippen molar-refractivity contribution in [2.75, 3.05) is 0 Å². The van der Waals surface area contributed by atoms with Crippen LogP contribution < -0.4 is 0 Å². The van der Waals surface area contributed by atoms with Crippen molar-refractivity contribution >= 4 is 0 Å². The number of allylic oxidation sites excluding steroid dienone is 1. The number of phenols is 2. The van der Waals surface area contributed by atoms with Crippen LogP contribution in [0.25, 0.3) is 0 Å². The van der Waals surface area contributed by atoms with Gasteiger partial charge in [-0.05, 0) is 26.0 Å². The Hall–Kier alpha value is -1.44. The van der Waals surface area contributed by atoms with Gasteiger partial charge in [0.1, 0.15) is 11.5 Å². The Morgan fingerprint density at radius 2 is 1.50 bits per heavy atom. The second-order valence-electron chi connectivity index (χ2n) is 2.73. The van der Waals surface area contributed by atoms with E-state index in [1.165, 1.54) is 23.8 Å². The lowest BCUT2D eigenvalue weighted by atomic mass is 10.3. The van der Waals surface area contributed by atoms with Gasteiger partial charge in [0.15, 0.2) is 0 Å². The van der Waals surface area contributed by atoms with Crippen molar-refractivity contribution in [1.82, 2.24) is 0 Å². The minimum absolute atomic E-state index is 0.0880. The molecule has 0 radical (unpaired) electrons. The average molecular weight is 166 g/mol. The highest BCUT2D eigenvalue weighted by atomic mass is 16.3. The van der Waals surface area contributed by atoms with Crippen LogP contribution in [0.1, 0.15) is 13.8 Å². The fourth-order valence-corrected chi connectivity index (χ4v) is 0.493. The maximum atomic E-state index is 8.65. The summed E-state index contributed by atoms with van der Waals surface area (Å²) in [6.45, 7) is 7.50. The third-order valence-electron chi connectivity index (χ3n) is 0.830. The number of hydrogen-bond donors (Lipinski definition) is 2. The summed E-state index contributed by atoms with van der Waals surface area (Å²) < 4.78 is 0. The molecule has 0 aromatic heterocycles. The van der Waals surface area contributed by atoms with E-state index >= 15 is 0 Å². The lowest BCUT2D eigenvalue weighted by Crippen LogP contribution is -1.61. The van der Waals surface area contributed by atoms with E-state index < -0.39 is 0 Å². The molecule has 2 nitrogen and oxygen atoms in total. The van der Waals surface area contributed by atoms with Gasteiger partial charge in [0, 0.05) is 6.07 Å². The third-order valence-corrected chi connectivity index (χ3v) is 0.830. The molecule has 66 valence electrons. The van der Waals surface area contributed by atoms with Crippen molar-refractivity contribution in [3.05, 3.63) is 36.4 Å². The Balaban J connectivity index is 0.000000261. The minimum atomic E-state index is 0.0880. The molecular formula is C10H14O2. The van der Waals surface area contributed by atoms with Crippen molar-refractivity contribution in [2.45, 2.75) is 13.8 Å². The van der Waals surface area contributed by atoms with E-state index in [4.69, 9.17) is 10.2 Å². The first-order valence-corrected chi connectivity index (χ1v) is 3.62. The van der Waals surface area contributed by atoms with Gasteiger partial charge in [-0.25, -0.2) is 0 Å². The summed E-state index contributed by atoms with van der Waals surface area (Å²) in [6, 6.07) is 5.85. The van der Waals surface area contributed by atoms with Gasteiger partial charge in [-0.3, -0.25) is 0 Å². The lowest BCUT2D eigenvalue weighted by molar-refractivity contribution is 0.450. The summed E-state index contributed by atoms with van der Waals surface area (Å²) in [6.07, 6.45) is 0. The SMILES string of the molecule is C=C(C)C.Oc1cccc(O)c1.